The minimum atomic E-state index is -0.334. The number of carbonyl (C=O) groups is 1. The molecule has 2 rings (SSSR count). The summed E-state index contributed by atoms with van der Waals surface area (Å²) >= 11 is 1.45. The summed E-state index contributed by atoms with van der Waals surface area (Å²) in [6, 6.07) is 10.9. The van der Waals surface area contributed by atoms with Crippen LogP contribution >= 0.6 is 11.8 Å². The van der Waals surface area contributed by atoms with Gasteiger partial charge in [0.25, 0.3) is 0 Å². The van der Waals surface area contributed by atoms with Crippen molar-refractivity contribution in [3.05, 3.63) is 48.2 Å². The smallest absolute Gasteiger partial charge is 0.338 e. The van der Waals surface area contributed by atoms with Crippen LogP contribution in [0.4, 0.5) is 5.69 Å². The number of hydrogen-bond acceptors (Lipinski definition) is 5. The van der Waals surface area contributed by atoms with Crippen molar-refractivity contribution in [2.75, 3.05) is 12.3 Å². The minimum Gasteiger partial charge on any atom is -0.462 e. The van der Waals surface area contributed by atoms with Gasteiger partial charge >= 0.3 is 5.97 Å². The number of pyridine rings is 1. The van der Waals surface area contributed by atoms with Crippen LogP contribution in [0.15, 0.2) is 52.5 Å². The molecule has 0 fully saturated rings. The number of nitrogens with zero attached hydrogens (tertiary/aromatic N) is 1. The molecule has 19 heavy (non-hydrogen) atoms. The predicted molar refractivity (Wildman–Crippen MR) is 75.2 cm³/mol. The van der Waals surface area contributed by atoms with E-state index in [1.54, 1.807) is 25.3 Å². The van der Waals surface area contributed by atoms with E-state index in [1.807, 2.05) is 24.3 Å². The highest BCUT2D eigenvalue weighted by molar-refractivity contribution is 7.99. The predicted octanol–water partition coefficient (Wildman–Crippen LogP) is 2.99. The van der Waals surface area contributed by atoms with Crippen molar-refractivity contribution < 1.29 is 9.53 Å². The molecule has 0 aliphatic rings. The third-order valence-electron chi connectivity index (χ3n) is 2.33. The van der Waals surface area contributed by atoms with E-state index in [-0.39, 0.29) is 5.97 Å². The van der Waals surface area contributed by atoms with Crippen LogP contribution in [0.25, 0.3) is 0 Å². The first-order chi connectivity index (χ1) is 9.19. The average Bonchev–Trinajstić information content (AvgIpc) is 2.39. The molecule has 0 aliphatic heterocycles. The van der Waals surface area contributed by atoms with Gasteiger partial charge in [0.2, 0.25) is 0 Å². The van der Waals surface area contributed by atoms with E-state index in [0.717, 1.165) is 9.92 Å². The number of benzene rings is 1. The van der Waals surface area contributed by atoms with Gasteiger partial charge in [-0.15, -0.1) is 0 Å². The third-order valence-corrected chi connectivity index (χ3v) is 3.25. The average molecular weight is 274 g/mol. The number of nitrogen functional groups attached to an aromatic ring is 1. The van der Waals surface area contributed by atoms with Crippen molar-refractivity contribution in [3.63, 3.8) is 0 Å². The highest BCUT2D eigenvalue weighted by atomic mass is 32.2. The fourth-order valence-electron chi connectivity index (χ4n) is 1.51. The Labute approximate surface area is 116 Å². The zero-order valence-corrected chi connectivity index (χ0v) is 11.3. The molecular formula is C14H14N2O2S. The van der Waals surface area contributed by atoms with Gasteiger partial charge in [-0.05, 0) is 37.3 Å². The van der Waals surface area contributed by atoms with Crippen molar-refractivity contribution in [1.82, 2.24) is 4.98 Å². The standard InChI is InChI=1S/C14H14N2O2S/c1-2-18-14(17)10-6-7-16-13(8-10)19-12-5-3-4-11(15)9-12/h3-9H,2,15H2,1H3. The fraction of sp³-hybridized carbons (Fsp3) is 0.143. The van der Waals surface area contributed by atoms with Crippen LogP contribution < -0.4 is 5.73 Å². The van der Waals surface area contributed by atoms with E-state index in [2.05, 4.69) is 4.98 Å². The molecule has 98 valence electrons. The molecule has 0 radical (unpaired) electrons. The molecular weight excluding hydrogens is 260 g/mol. The summed E-state index contributed by atoms with van der Waals surface area (Å²) < 4.78 is 4.96. The molecule has 1 aromatic carbocycles. The lowest BCUT2D eigenvalue weighted by atomic mass is 10.3. The van der Waals surface area contributed by atoms with Gasteiger partial charge in [0, 0.05) is 16.8 Å². The highest BCUT2D eigenvalue weighted by Gasteiger charge is 2.08. The van der Waals surface area contributed by atoms with E-state index in [1.165, 1.54) is 11.8 Å². The summed E-state index contributed by atoms with van der Waals surface area (Å²) in [6.07, 6.45) is 1.60. The van der Waals surface area contributed by atoms with E-state index < -0.39 is 0 Å². The molecule has 1 aromatic heterocycles. The Balaban J connectivity index is 2.17. The molecule has 2 N–H and O–H groups in total. The molecule has 0 unspecified atom stereocenters. The molecule has 0 aliphatic carbocycles. The molecule has 0 spiro atoms. The quantitative estimate of drug-likeness (QED) is 0.686. The lowest BCUT2D eigenvalue weighted by Gasteiger charge is -2.04. The number of anilines is 1. The molecule has 1 heterocycles. The van der Waals surface area contributed by atoms with Crippen molar-refractivity contribution >= 4 is 23.4 Å². The summed E-state index contributed by atoms with van der Waals surface area (Å²) in [5.41, 5.74) is 6.93. The summed E-state index contributed by atoms with van der Waals surface area (Å²) in [5.74, 6) is -0.334. The second-order valence-electron chi connectivity index (χ2n) is 3.78. The molecule has 0 amide bonds. The van der Waals surface area contributed by atoms with Gasteiger partial charge in [0.05, 0.1) is 12.2 Å². The van der Waals surface area contributed by atoms with Gasteiger partial charge in [-0.1, -0.05) is 17.8 Å². The van der Waals surface area contributed by atoms with Gasteiger partial charge in [0.1, 0.15) is 5.03 Å². The molecule has 4 nitrogen and oxygen atoms in total. The maximum atomic E-state index is 11.6. The Bertz CT molecular complexity index is 587. The monoisotopic (exact) mass is 274 g/mol. The first-order valence-electron chi connectivity index (χ1n) is 5.85. The SMILES string of the molecule is CCOC(=O)c1ccnc(Sc2cccc(N)c2)c1. The number of rotatable bonds is 4. The van der Waals surface area contributed by atoms with E-state index >= 15 is 0 Å². The maximum absolute atomic E-state index is 11.6. The highest BCUT2D eigenvalue weighted by Crippen LogP contribution is 2.27. The molecule has 0 bridgehead atoms. The Kier molecular flexibility index (Phi) is 4.41. The number of ether oxygens (including phenoxy) is 1. The third kappa shape index (κ3) is 3.72. The number of esters is 1. The number of aromatic nitrogens is 1. The Morgan fingerprint density at radius 2 is 2.21 bits per heavy atom. The topological polar surface area (TPSA) is 65.2 Å². The van der Waals surface area contributed by atoms with E-state index in [4.69, 9.17) is 10.5 Å². The van der Waals surface area contributed by atoms with Crippen molar-refractivity contribution in [1.29, 1.82) is 0 Å². The van der Waals surface area contributed by atoms with Crippen LogP contribution in [0.3, 0.4) is 0 Å². The lowest BCUT2D eigenvalue weighted by Crippen LogP contribution is -2.04. The summed E-state index contributed by atoms with van der Waals surface area (Å²) in [6.45, 7) is 2.14. The minimum absolute atomic E-state index is 0.334. The van der Waals surface area contributed by atoms with Gasteiger partial charge in [-0.25, -0.2) is 9.78 Å². The van der Waals surface area contributed by atoms with Crippen LogP contribution in [0, 0.1) is 0 Å². The first kappa shape index (κ1) is 13.4. The number of hydrogen-bond donors (Lipinski definition) is 1. The zero-order chi connectivity index (χ0) is 13.7. The van der Waals surface area contributed by atoms with Crippen molar-refractivity contribution in [2.45, 2.75) is 16.8 Å². The van der Waals surface area contributed by atoms with Crippen LogP contribution in [-0.4, -0.2) is 17.6 Å². The van der Waals surface area contributed by atoms with Crippen molar-refractivity contribution in [2.24, 2.45) is 0 Å². The molecule has 5 heteroatoms. The second-order valence-corrected chi connectivity index (χ2v) is 4.87. The molecule has 2 aromatic rings. The Morgan fingerprint density at radius 1 is 1.37 bits per heavy atom. The number of nitrogens with two attached hydrogens (primary N) is 1. The van der Waals surface area contributed by atoms with Crippen LogP contribution in [0.5, 0.6) is 0 Å². The van der Waals surface area contributed by atoms with Gasteiger partial charge < -0.3 is 10.5 Å². The Hall–Kier alpha value is -2.01. The maximum Gasteiger partial charge on any atom is 0.338 e. The summed E-state index contributed by atoms with van der Waals surface area (Å²) in [5, 5.41) is 0.733. The first-order valence-corrected chi connectivity index (χ1v) is 6.67. The summed E-state index contributed by atoms with van der Waals surface area (Å²) in [4.78, 5) is 16.8. The van der Waals surface area contributed by atoms with Crippen LogP contribution in [0.2, 0.25) is 0 Å². The molecule has 0 atom stereocenters. The van der Waals surface area contributed by atoms with Crippen LogP contribution in [0.1, 0.15) is 17.3 Å². The largest absolute Gasteiger partial charge is 0.462 e. The molecule has 0 saturated carbocycles. The normalized spacial score (nSPS) is 10.2. The van der Waals surface area contributed by atoms with Crippen LogP contribution in [-0.2, 0) is 4.74 Å². The van der Waals surface area contributed by atoms with E-state index in [0.29, 0.717) is 17.9 Å². The second kappa shape index (κ2) is 6.24. The molecule has 0 saturated heterocycles. The van der Waals surface area contributed by atoms with Gasteiger partial charge in [-0.2, -0.15) is 0 Å². The zero-order valence-electron chi connectivity index (χ0n) is 10.5. The van der Waals surface area contributed by atoms with Gasteiger partial charge in [-0.3, -0.25) is 0 Å². The number of carbonyl (C=O) groups excluding carboxylic acids is 1. The fourth-order valence-corrected chi connectivity index (χ4v) is 2.39. The van der Waals surface area contributed by atoms with Crippen molar-refractivity contribution in [3.8, 4) is 0 Å². The van der Waals surface area contributed by atoms with E-state index in [9.17, 15) is 4.79 Å². The summed E-state index contributed by atoms with van der Waals surface area (Å²) in [7, 11) is 0. The van der Waals surface area contributed by atoms with Gasteiger partial charge in [0.15, 0.2) is 0 Å². The Morgan fingerprint density at radius 3 is 2.95 bits per heavy atom. The lowest BCUT2D eigenvalue weighted by molar-refractivity contribution is 0.0526.